The first-order valence-corrected chi connectivity index (χ1v) is 6.78. The quantitative estimate of drug-likeness (QED) is 0.824. The molecule has 1 aliphatic carbocycles. The number of hydrogen-bond acceptors (Lipinski definition) is 2. The van der Waals surface area contributed by atoms with Crippen molar-refractivity contribution in [3.63, 3.8) is 0 Å². The maximum atomic E-state index is 6.09. The summed E-state index contributed by atoms with van der Waals surface area (Å²) in [7, 11) is 0. The van der Waals surface area contributed by atoms with Gasteiger partial charge in [0, 0.05) is 10.4 Å². The summed E-state index contributed by atoms with van der Waals surface area (Å²) in [4.78, 5) is 0. The molecule has 0 saturated heterocycles. The first-order valence-electron chi connectivity index (χ1n) is 5.23. The molecule has 0 radical (unpaired) electrons. The number of rotatable bonds is 2. The van der Waals surface area contributed by atoms with Gasteiger partial charge in [0.2, 0.25) is 5.28 Å². The molecule has 2 aromatic rings. The highest BCUT2D eigenvalue weighted by molar-refractivity contribution is 9.10. The Morgan fingerprint density at radius 1 is 1.24 bits per heavy atom. The number of hydrogen-bond donors (Lipinski definition) is 0. The van der Waals surface area contributed by atoms with Crippen LogP contribution < -0.4 is 0 Å². The van der Waals surface area contributed by atoms with Gasteiger partial charge in [-0.1, -0.05) is 11.6 Å². The average Bonchev–Trinajstić information content (AvgIpc) is 3.07. The Kier molecular flexibility index (Phi) is 2.89. The van der Waals surface area contributed by atoms with E-state index in [2.05, 4.69) is 26.1 Å². The van der Waals surface area contributed by atoms with Crippen molar-refractivity contribution in [3.8, 4) is 5.69 Å². The highest BCUT2D eigenvalue weighted by Gasteiger charge is 2.30. The molecule has 1 fully saturated rings. The van der Waals surface area contributed by atoms with Crippen LogP contribution >= 0.6 is 39.1 Å². The molecule has 1 heterocycles. The fraction of sp³-hybridized carbons (Fsp3) is 0.273. The Morgan fingerprint density at radius 3 is 2.65 bits per heavy atom. The summed E-state index contributed by atoms with van der Waals surface area (Å²) in [6.45, 7) is 0. The third kappa shape index (κ3) is 2.09. The van der Waals surface area contributed by atoms with Crippen molar-refractivity contribution in [3.05, 3.63) is 38.8 Å². The third-order valence-electron chi connectivity index (χ3n) is 2.75. The molecule has 1 saturated carbocycles. The zero-order valence-corrected chi connectivity index (χ0v) is 11.8. The van der Waals surface area contributed by atoms with E-state index < -0.39 is 0 Å². The number of benzene rings is 1. The predicted molar refractivity (Wildman–Crippen MR) is 71.1 cm³/mol. The molecule has 0 amide bonds. The zero-order chi connectivity index (χ0) is 12.0. The van der Waals surface area contributed by atoms with Gasteiger partial charge in [0.25, 0.3) is 0 Å². The minimum absolute atomic E-state index is 0.380. The molecule has 1 aromatic heterocycles. The first kappa shape index (κ1) is 11.5. The van der Waals surface area contributed by atoms with Gasteiger partial charge >= 0.3 is 0 Å². The van der Waals surface area contributed by atoms with Crippen LogP contribution in [0.5, 0.6) is 0 Å². The van der Waals surface area contributed by atoms with Gasteiger partial charge in [-0.05, 0) is 58.6 Å². The lowest BCUT2D eigenvalue weighted by Crippen LogP contribution is -2.00. The van der Waals surface area contributed by atoms with E-state index in [9.17, 15) is 0 Å². The Labute approximate surface area is 117 Å². The average molecular weight is 333 g/mol. The van der Waals surface area contributed by atoms with Gasteiger partial charge in [0.05, 0.1) is 10.7 Å². The van der Waals surface area contributed by atoms with Crippen LogP contribution in [0.4, 0.5) is 0 Å². The maximum Gasteiger partial charge on any atom is 0.229 e. The Morgan fingerprint density at radius 2 is 2.00 bits per heavy atom. The van der Waals surface area contributed by atoms with E-state index in [1.54, 1.807) is 0 Å². The molecule has 3 rings (SSSR count). The molecule has 0 unspecified atom stereocenters. The second-order valence-electron chi connectivity index (χ2n) is 4.04. The molecule has 17 heavy (non-hydrogen) atoms. The van der Waals surface area contributed by atoms with Crippen LogP contribution in [0.2, 0.25) is 10.3 Å². The van der Waals surface area contributed by atoms with Crippen molar-refractivity contribution in [1.82, 2.24) is 14.8 Å². The van der Waals surface area contributed by atoms with Crippen molar-refractivity contribution in [2.24, 2.45) is 0 Å². The van der Waals surface area contributed by atoms with E-state index >= 15 is 0 Å². The van der Waals surface area contributed by atoms with Gasteiger partial charge in [-0.25, -0.2) is 0 Å². The molecule has 0 aliphatic heterocycles. The van der Waals surface area contributed by atoms with Crippen LogP contribution in [-0.2, 0) is 0 Å². The SMILES string of the molecule is Clc1cc(-n2c(Cl)nnc2C2CC2)ccc1Br. The van der Waals surface area contributed by atoms with Gasteiger partial charge in [0.15, 0.2) is 0 Å². The molecular weight excluding hydrogens is 325 g/mol. The van der Waals surface area contributed by atoms with Crippen LogP contribution in [0.3, 0.4) is 0 Å². The topological polar surface area (TPSA) is 30.7 Å². The summed E-state index contributed by atoms with van der Waals surface area (Å²) in [5.41, 5.74) is 0.898. The smallest absolute Gasteiger partial charge is 0.229 e. The van der Waals surface area contributed by atoms with Crippen LogP contribution in [-0.4, -0.2) is 14.8 Å². The minimum atomic E-state index is 0.380. The van der Waals surface area contributed by atoms with Gasteiger partial charge < -0.3 is 0 Å². The summed E-state index contributed by atoms with van der Waals surface area (Å²) in [5, 5.41) is 9.09. The lowest BCUT2D eigenvalue weighted by atomic mass is 10.3. The highest BCUT2D eigenvalue weighted by atomic mass is 79.9. The van der Waals surface area contributed by atoms with Gasteiger partial charge in [0.1, 0.15) is 5.82 Å². The Balaban J connectivity index is 2.13. The minimum Gasteiger partial charge on any atom is -0.269 e. The molecule has 1 aliphatic rings. The fourth-order valence-electron chi connectivity index (χ4n) is 1.75. The number of halogens is 3. The molecule has 88 valence electrons. The lowest BCUT2D eigenvalue weighted by molar-refractivity contribution is 0.871. The van der Waals surface area contributed by atoms with Gasteiger partial charge in [-0.3, -0.25) is 4.57 Å². The molecule has 0 atom stereocenters. The van der Waals surface area contributed by atoms with Crippen LogP contribution in [0, 0.1) is 0 Å². The van der Waals surface area contributed by atoms with Crippen LogP contribution in [0.15, 0.2) is 22.7 Å². The zero-order valence-electron chi connectivity index (χ0n) is 8.70. The largest absolute Gasteiger partial charge is 0.269 e. The Bertz CT molecular complexity index is 578. The van der Waals surface area contributed by atoms with Gasteiger partial charge in [-0.15, -0.1) is 10.2 Å². The third-order valence-corrected chi connectivity index (χ3v) is 4.23. The fourth-order valence-corrected chi connectivity index (χ4v) is 2.39. The van der Waals surface area contributed by atoms with Crippen molar-refractivity contribution in [2.75, 3.05) is 0 Å². The Hall–Kier alpha value is -0.580. The molecule has 0 spiro atoms. The summed E-state index contributed by atoms with van der Waals surface area (Å²) in [5.74, 6) is 1.41. The van der Waals surface area contributed by atoms with Gasteiger partial charge in [-0.2, -0.15) is 0 Å². The standard InChI is InChI=1S/C11H8BrCl2N3/c12-8-4-3-7(5-9(8)13)17-10(6-1-2-6)15-16-11(17)14/h3-6H,1-2H2. The number of aromatic nitrogens is 3. The van der Waals surface area contributed by atoms with E-state index in [0.29, 0.717) is 16.2 Å². The highest BCUT2D eigenvalue weighted by Crippen LogP contribution is 2.41. The van der Waals surface area contributed by atoms with Crippen LogP contribution in [0.25, 0.3) is 5.69 Å². The van der Waals surface area contributed by atoms with E-state index in [0.717, 1.165) is 28.8 Å². The van der Waals surface area contributed by atoms with Crippen molar-refractivity contribution in [1.29, 1.82) is 0 Å². The second kappa shape index (κ2) is 4.26. The van der Waals surface area contributed by atoms with Crippen molar-refractivity contribution >= 4 is 39.1 Å². The van der Waals surface area contributed by atoms with E-state index in [1.807, 2.05) is 22.8 Å². The monoisotopic (exact) mass is 331 g/mol. The van der Waals surface area contributed by atoms with E-state index in [4.69, 9.17) is 23.2 Å². The second-order valence-corrected chi connectivity index (χ2v) is 5.63. The summed E-state index contributed by atoms with van der Waals surface area (Å²) in [6.07, 6.45) is 2.30. The summed E-state index contributed by atoms with van der Waals surface area (Å²) < 4.78 is 2.72. The van der Waals surface area contributed by atoms with E-state index in [-0.39, 0.29) is 0 Å². The molecule has 3 nitrogen and oxygen atoms in total. The molecule has 6 heteroatoms. The molecular formula is C11H8BrCl2N3. The first-order chi connectivity index (χ1) is 8.16. The lowest BCUT2D eigenvalue weighted by Gasteiger charge is -2.08. The normalized spacial score (nSPS) is 15.2. The van der Waals surface area contributed by atoms with Crippen molar-refractivity contribution in [2.45, 2.75) is 18.8 Å². The summed E-state index contributed by atoms with van der Waals surface area (Å²) in [6, 6.07) is 5.69. The maximum absolute atomic E-state index is 6.09. The summed E-state index contributed by atoms with van der Waals surface area (Å²) >= 11 is 15.5. The van der Waals surface area contributed by atoms with E-state index in [1.165, 1.54) is 0 Å². The van der Waals surface area contributed by atoms with Crippen molar-refractivity contribution < 1.29 is 0 Å². The number of nitrogens with zero attached hydrogens (tertiary/aromatic N) is 3. The molecule has 0 N–H and O–H groups in total. The predicted octanol–water partition coefficient (Wildman–Crippen LogP) is 4.21. The molecule has 1 aromatic carbocycles. The van der Waals surface area contributed by atoms with Crippen LogP contribution in [0.1, 0.15) is 24.6 Å². The molecule has 0 bridgehead atoms.